The predicted octanol–water partition coefficient (Wildman–Crippen LogP) is 6.13. The molecule has 2 aromatic carbocycles. The van der Waals surface area contributed by atoms with Crippen LogP contribution in [0.4, 0.5) is 5.69 Å². The Morgan fingerprint density at radius 3 is 2.65 bits per heavy atom. The lowest BCUT2D eigenvalue weighted by Gasteiger charge is -2.10. The van der Waals surface area contributed by atoms with Gasteiger partial charge in [0.2, 0.25) is 5.88 Å². The topological polar surface area (TPSA) is 87.0 Å². The van der Waals surface area contributed by atoms with Crippen molar-refractivity contribution in [2.24, 2.45) is 10.2 Å². The molecule has 1 atom stereocenters. The number of aromatic hydroxyl groups is 1. The first-order valence-electron chi connectivity index (χ1n) is 7.42. The summed E-state index contributed by atoms with van der Waals surface area (Å²) < 4.78 is 7.04. The van der Waals surface area contributed by atoms with Crippen LogP contribution >= 0.6 is 43.5 Å². The maximum Gasteiger partial charge on any atom is 0.304 e. The number of nitrogens with one attached hydrogen (secondary N) is 1. The first-order chi connectivity index (χ1) is 12.3. The summed E-state index contributed by atoms with van der Waals surface area (Å²) in [6.45, 7) is 1.57. The minimum absolute atomic E-state index is 0.175. The molecule has 0 saturated heterocycles. The van der Waals surface area contributed by atoms with Crippen LogP contribution in [0.1, 0.15) is 6.92 Å². The fraction of sp³-hybridized carbons (Fsp3) is 0.118. The van der Waals surface area contributed by atoms with E-state index in [1.165, 1.54) is 0 Å². The Labute approximate surface area is 170 Å². The molecule has 26 heavy (non-hydrogen) atoms. The molecule has 3 rings (SSSR count). The van der Waals surface area contributed by atoms with Gasteiger partial charge in [-0.25, -0.2) is 0 Å². The first kappa shape index (κ1) is 18.9. The molecule has 134 valence electrons. The number of fused-ring (bicyclic) bond motifs is 1. The zero-order chi connectivity index (χ0) is 18.8. The van der Waals surface area contributed by atoms with Gasteiger partial charge in [0, 0.05) is 19.4 Å². The molecule has 6 nitrogen and oxygen atoms in total. The summed E-state index contributed by atoms with van der Waals surface area (Å²) in [5, 5.41) is 18.8. The molecule has 0 fully saturated rings. The molecule has 1 heterocycles. The second-order valence-electron chi connectivity index (χ2n) is 5.38. The summed E-state index contributed by atoms with van der Waals surface area (Å²) in [6.07, 6.45) is -0.842. The quantitative estimate of drug-likeness (QED) is 0.422. The molecule has 0 radical (unpaired) electrons. The number of hydrogen-bond donors (Lipinski definition) is 2. The Balaban J connectivity index is 1.80. The highest BCUT2D eigenvalue weighted by Gasteiger charge is 2.17. The van der Waals surface area contributed by atoms with Gasteiger partial charge in [-0.1, -0.05) is 27.5 Å². The Hall–Kier alpha value is -1.90. The predicted molar refractivity (Wildman–Crippen MR) is 106 cm³/mol. The second-order valence-corrected chi connectivity index (χ2v) is 7.59. The summed E-state index contributed by atoms with van der Waals surface area (Å²) >= 11 is 12.6. The number of H-pyrrole nitrogens is 1. The van der Waals surface area contributed by atoms with Crippen LogP contribution in [0.2, 0.25) is 5.02 Å². The lowest BCUT2D eigenvalue weighted by Crippen LogP contribution is -2.21. The van der Waals surface area contributed by atoms with Crippen LogP contribution in [-0.4, -0.2) is 22.1 Å². The van der Waals surface area contributed by atoms with E-state index in [1.54, 1.807) is 37.3 Å². The van der Waals surface area contributed by atoms with Crippen LogP contribution in [-0.2, 0) is 4.79 Å². The van der Waals surface area contributed by atoms with Crippen LogP contribution in [0.3, 0.4) is 0 Å². The molecule has 1 aromatic heterocycles. The molecular weight excluding hydrogens is 489 g/mol. The molecule has 0 spiro atoms. The van der Waals surface area contributed by atoms with Gasteiger partial charge in [0.15, 0.2) is 11.8 Å². The molecule has 0 saturated carbocycles. The van der Waals surface area contributed by atoms with Crippen molar-refractivity contribution in [1.82, 2.24) is 4.98 Å². The molecule has 1 amide bonds. The Morgan fingerprint density at radius 1 is 1.27 bits per heavy atom. The Morgan fingerprint density at radius 2 is 1.96 bits per heavy atom. The van der Waals surface area contributed by atoms with E-state index >= 15 is 0 Å². The maximum absolute atomic E-state index is 12.2. The number of benzene rings is 2. The van der Waals surface area contributed by atoms with Gasteiger partial charge in [-0.2, -0.15) is 0 Å². The minimum atomic E-state index is -0.842. The van der Waals surface area contributed by atoms with Crippen molar-refractivity contribution in [3.05, 3.63) is 50.4 Å². The molecule has 9 heteroatoms. The van der Waals surface area contributed by atoms with Gasteiger partial charge in [-0.05, 0) is 59.3 Å². The first-order valence-corrected chi connectivity index (χ1v) is 9.39. The zero-order valence-corrected chi connectivity index (χ0v) is 17.3. The normalized spacial score (nSPS) is 12.6. The summed E-state index contributed by atoms with van der Waals surface area (Å²) in [7, 11) is 0. The van der Waals surface area contributed by atoms with Gasteiger partial charge in [0.1, 0.15) is 5.75 Å². The van der Waals surface area contributed by atoms with Crippen LogP contribution in [0.5, 0.6) is 11.6 Å². The van der Waals surface area contributed by atoms with Gasteiger partial charge in [-0.3, -0.25) is 4.79 Å². The fourth-order valence-corrected chi connectivity index (χ4v) is 3.69. The van der Waals surface area contributed by atoms with Crippen LogP contribution in [0.25, 0.3) is 10.9 Å². The van der Waals surface area contributed by atoms with Crippen molar-refractivity contribution in [2.45, 2.75) is 13.0 Å². The van der Waals surface area contributed by atoms with E-state index < -0.39 is 12.0 Å². The third kappa shape index (κ3) is 4.08. The van der Waals surface area contributed by atoms with Crippen molar-refractivity contribution < 1.29 is 14.6 Å². The molecule has 2 N–H and O–H groups in total. The number of nitrogens with zero attached hydrogens (tertiary/aromatic N) is 2. The number of hydrogen-bond acceptors (Lipinski definition) is 4. The van der Waals surface area contributed by atoms with Gasteiger partial charge in [0.25, 0.3) is 0 Å². The standard InChI is InChI=1S/C17H12Br2ClN3O3/c1-8(26-11-4-2-10(20)3-5-11)16(24)23-22-15-12-6-9(18)7-13(19)14(12)21-17(15)25/h2-8,21,25H,1H3. The Kier molecular flexibility index (Phi) is 5.64. The van der Waals surface area contributed by atoms with E-state index in [0.29, 0.717) is 21.7 Å². The number of ether oxygens (including phenoxy) is 1. The van der Waals surface area contributed by atoms with Crippen molar-refractivity contribution >= 4 is 66.0 Å². The fourth-order valence-electron chi connectivity index (χ4n) is 2.24. The number of rotatable bonds is 4. The van der Waals surface area contributed by atoms with E-state index in [0.717, 1.165) is 8.95 Å². The SMILES string of the molecule is CC(Oc1ccc(Cl)cc1)C(=O)N=Nc1c(O)[nH]c2c(Br)cc(Br)cc12. The third-order valence-corrected chi connectivity index (χ3v) is 4.84. The van der Waals surface area contributed by atoms with E-state index in [1.807, 2.05) is 6.07 Å². The number of carbonyl (C=O) groups excluding carboxylic acids is 1. The zero-order valence-electron chi connectivity index (χ0n) is 13.3. The van der Waals surface area contributed by atoms with Gasteiger partial charge in [-0.15, -0.1) is 10.2 Å². The average Bonchev–Trinajstić information content (AvgIpc) is 2.90. The largest absolute Gasteiger partial charge is 0.493 e. The van der Waals surface area contributed by atoms with Crippen molar-refractivity contribution in [3.8, 4) is 11.6 Å². The number of amides is 1. The van der Waals surface area contributed by atoms with Crippen LogP contribution < -0.4 is 4.74 Å². The summed E-state index contributed by atoms with van der Waals surface area (Å²) in [6, 6.07) is 10.2. The molecule has 3 aromatic rings. The van der Waals surface area contributed by atoms with Crippen molar-refractivity contribution in [2.75, 3.05) is 0 Å². The minimum Gasteiger partial charge on any atom is -0.493 e. The molecule has 0 aliphatic heterocycles. The van der Waals surface area contributed by atoms with Crippen molar-refractivity contribution in [1.29, 1.82) is 0 Å². The van der Waals surface area contributed by atoms with Crippen LogP contribution in [0.15, 0.2) is 55.6 Å². The van der Waals surface area contributed by atoms with E-state index in [9.17, 15) is 9.90 Å². The highest BCUT2D eigenvalue weighted by Crippen LogP contribution is 2.40. The average molecular weight is 502 g/mol. The second kappa shape index (κ2) is 7.77. The van der Waals surface area contributed by atoms with E-state index in [2.05, 4.69) is 47.1 Å². The summed E-state index contributed by atoms with van der Waals surface area (Å²) in [5.74, 6) is -0.266. The number of aromatic nitrogens is 1. The Bertz CT molecular complexity index is 1000. The molecule has 0 aliphatic rings. The number of halogens is 3. The molecular formula is C17H12Br2ClN3O3. The van der Waals surface area contributed by atoms with Crippen molar-refractivity contribution in [3.63, 3.8) is 0 Å². The highest BCUT2D eigenvalue weighted by molar-refractivity contribution is 9.11. The smallest absolute Gasteiger partial charge is 0.304 e. The number of azo groups is 1. The van der Waals surface area contributed by atoms with E-state index in [4.69, 9.17) is 16.3 Å². The van der Waals surface area contributed by atoms with Gasteiger partial charge >= 0.3 is 5.91 Å². The van der Waals surface area contributed by atoms with Gasteiger partial charge in [0.05, 0.1) is 5.52 Å². The summed E-state index contributed by atoms with van der Waals surface area (Å²) in [5.41, 5.74) is 0.826. The highest BCUT2D eigenvalue weighted by atomic mass is 79.9. The molecule has 1 unspecified atom stereocenters. The van der Waals surface area contributed by atoms with E-state index in [-0.39, 0.29) is 11.6 Å². The summed E-state index contributed by atoms with van der Waals surface area (Å²) in [4.78, 5) is 15.0. The number of aromatic amines is 1. The lowest BCUT2D eigenvalue weighted by atomic mass is 10.2. The lowest BCUT2D eigenvalue weighted by molar-refractivity contribution is -0.124. The van der Waals surface area contributed by atoms with Gasteiger partial charge < -0.3 is 14.8 Å². The third-order valence-electron chi connectivity index (χ3n) is 3.50. The molecule has 0 bridgehead atoms. The number of carbonyl (C=O) groups is 1. The molecule has 0 aliphatic carbocycles. The maximum atomic E-state index is 12.2. The monoisotopic (exact) mass is 499 g/mol. The van der Waals surface area contributed by atoms with Crippen LogP contribution in [0, 0.1) is 0 Å².